The Kier molecular flexibility index (Phi) is 4.55. The Bertz CT molecular complexity index is 330. The summed E-state index contributed by atoms with van der Waals surface area (Å²) >= 11 is 0. The number of rotatable bonds is 4. The normalized spacial score (nSPS) is 22.6. The third-order valence-electron chi connectivity index (χ3n) is 4.81. The molecule has 0 radical (unpaired) electrons. The lowest BCUT2D eigenvalue weighted by molar-refractivity contribution is 0.223. The van der Waals surface area contributed by atoms with Crippen LogP contribution in [0, 0.1) is 11.5 Å². The summed E-state index contributed by atoms with van der Waals surface area (Å²) in [6, 6.07) is 3.79. The van der Waals surface area contributed by atoms with Gasteiger partial charge in [-0.05, 0) is 37.5 Å². The van der Waals surface area contributed by atoms with E-state index in [-0.39, 0.29) is 0 Å². The van der Waals surface area contributed by atoms with Crippen molar-refractivity contribution < 1.29 is 9.31 Å². The molecule has 2 rings (SSSR count). The standard InChI is InChI=1S/C13H25BNO2Si/c1-4-18(5-2,6-3)13-7-8-14-15(9-11-16-14)10-12-17-14/h4-6,8-12H2,1-3H3/q-1. The zero-order valence-corrected chi connectivity index (χ0v) is 13.0. The molecule has 0 aromatic carbocycles. The van der Waals surface area contributed by atoms with Gasteiger partial charge in [-0.3, -0.25) is 0 Å². The Hall–Kier alpha value is -0.278. The minimum atomic E-state index is -1.32. The van der Waals surface area contributed by atoms with Gasteiger partial charge in [-0.25, -0.2) is 0 Å². The van der Waals surface area contributed by atoms with Gasteiger partial charge in [0, 0.05) is 13.2 Å². The molecule has 0 aromatic heterocycles. The first-order valence-corrected chi connectivity index (χ1v) is 10.0. The summed E-state index contributed by atoms with van der Waals surface area (Å²) in [7, 11) is -1.32. The van der Waals surface area contributed by atoms with Crippen molar-refractivity contribution in [2.45, 2.75) is 45.2 Å². The molecule has 3 nitrogen and oxygen atoms in total. The molecular weight excluding hydrogens is 241 g/mol. The maximum Gasteiger partial charge on any atom is 0.329 e. The second kappa shape index (κ2) is 5.79. The van der Waals surface area contributed by atoms with Gasteiger partial charge in [0.05, 0.1) is 0 Å². The van der Waals surface area contributed by atoms with E-state index in [0.29, 0.717) is 0 Å². The third kappa shape index (κ3) is 2.53. The maximum absolute atomic E-state index is 5.86. The molecule has 0 amide bonds. The topological polar surface area (TPSA) is 21.7 Å². The molecule has 102 valence electrons. The Balaban J connectivity index is 2.03. The Morgan fingerprint density at radius 1 is 1.06 bits per heavy atom. The van der Waals surface area contributed by atoms with Gasteiger partial charge in [-0.15, -0.1) is 11.5 Å². The van der Waals surface area contributed by atoms with Crippen LogP contribution in [0.5, 0.6) is 0 Å². The number of nitrogens with zero attached hydrogens (tertiary/aromatic N) is 1. The van der Waals surface area contributed by atoms with Gasteiger partial charge in [-0.2, -0.15) is 0 Å². The lowest BCUT2D eigenvalue weighted by atomic mass is 9.68. The minimum Gasteiger partial charge on any atom is -0.553 e. The molecule has 5 heteroatoms. The lowest BCUT2D eigenvalue weighted by Gasteiger charge is -2.34. The maximum atomic E-state index is 5.86. The highest BCUT2D eigenvalue weighted by Gasteiger charge is 2.41. The van der Waals surface area contributed by atoms with Crippen molar-refractivity contribution in [2.75, 3.05) is 26.3 Å². The minimum absolute atomic E-state index is 0.773. The van der Waals surface area contributed by atoms with Crippen molar-refractivity contribution in [3.8, 4) is 11.5 Å². The van der Waals surface area contributed by atoms with Gasteiger partial charge in [0.25, 0.3) is 0 Å². The first-order valence-electron chi connectivity index (χ1n) is 7.38. The molecule has 0 unspecified atom stereocenters. The average molecular weight is 266 g/mol. The Morgan fingerprint density at radius 2 is 1.61 bits per heavy atom. The SMILES string of the molecule is CC[Si](C#CC[B-]12OCCN1CCO2)(CC)CC. The monoisotopic (exact) mass is 266 g/mol. The third-order valence-corrected chi connectivity index (χ3v) is 9.58. The van der Waals surface area contributed by atoms with E-state index >= 15 is 0 Å². The number of hydrogen-bond donors (Lipinski definition) is 0. The second-order valence-electron chi connectivity index (χ2n) is 5.45. The highest BCUT2D eigenvalue weighted by molar-refractivity contribution is 6.87. The van der Waals surface area contributed by atoms with Crippen LogP contribution in [0.4, 0.5) is 0 Å². The van der Waals surface area contributed by atoms with Crippen LogP contribution in [0.15, 0.2) is 0 Å². The molecule has 2 aliphatic rings. The Morgan fingerprint density at radius 3 is 2.11 bits per heavy atom. The molecule has 18 heavy (non-hydrogen) atoms. The van der Waals surface area contributed by atoms with Crippen molar-refractivity contribution >= 4 is 14.8 Å². The summed E-state index contributed by atoms with van der Waals surface area (Å²) in [5.74, 6) is 3.43. The van der Waals surface area contributed by atoms with E-state index in [0.717, 1.165) is 32.6 Å². The fourth-order valence-electron chi connectivity index (χ4n) is 3.10. The number of fused-ring (bicyclic) bond motifs is 1. The summed E-state index contributed by atoms with van der Waals surface area (Å²) in [5.41, 5.74) is 3.63. The van der Waals surface area contributed by atoms with E-state index in [4.69, 9.17) is 9.31 Å². The highest BCUT2D eigenvalue weighted by Crippen LogP contribution is 2.28. The first-order chi connectivity index (χ1) is 8.70. The van der Waals surface area contributed by atoms with E-state index in [1.807, 2.05) is 0 Å². The molecule has 0 bridgehead atoms. The highest BCUT2D eigenvalue weighted by atomic mass is 28.3. The quantitative estimate of drug-likeness (QED) is 0.576. The van der Waals surface area contributed by atoms with Crippen LogP contribution in [-0.4, -0.2) is 45.9 Å². The smallest absolute Gasteiger partial charge is 0.329 e. The molecule has 0 saturated carbocycles. The Labute approximate surface area is 112 Å². The summed E-state index contributed by atoms with van der Waals surface area (Å²) in [4.78, 5) is 2.35. The van der Waals surface area contributed by atoms with Crippen LogP contribution in [0.1, 0.15) is 20.8 Å². The van der Waals surface area contributed by atoms with Gasteiger partial charge in [-0.1, -0.05) is 20.8 Å². The van der Waals surface area contributed by atoms with Crippen LogP contribution >= 0.6 is 0 Å². The van der Waals surface area contributed by atoms with Gasteiger partial charge < -0.3 is 14.1 Å². The van der Waals surface area contributed by atoms with Crippen molar-refractivity contribution in [3.63, 3.8) is 0 Å². The summed E-state index contributed by atoms with van der Waals surface area (Å²) in [5, 5.41) is 0. The van der Waals surface area contributed by atoms with Crippen molar-refractivity contribution in [1.29, 1.82) is 0 Å². The molecule has 0 aromatic rings. The first kappa shape index (κ1) is 14.1. The van der Waals surface area contributed by atoms with Gasteiger partial charge in [0.1, 0.15) is 8.07 Å². The zero-order valence-electron chi connectivity index (χ0n) is 12.0. The molecular formula is C13H25BNO2Si-. The molecule has 2 aliphatic heterocycles. The molecule has 0 spiro atoms. The second-order valence-corrected chi connectivity index (χ2v) is 10.4. The van der Waals surface area contributed by atoms with E-state index in [2.05, 4.69) is 37.0 Å². The number of hydrogen-bond acceptors (Lipinski definition) is 3. The van der Waals surface area contributed by atoms with Crippen LogP contribution in [0.2, 0.25) is 24.5 Å². The van der Waals surface area contributed by atoms with Crippen LogP contribution < -0.4 is 0 Å². The summed E-state index contributed by atoms with van der Waals surface area (Å²) in [6.45, 7) is 9.32. The average Bonchev–Trinajstić information content (AvgIpc) is 2.94. The molecule has 2 fully saturated rings. The molecule has 0 N–H and O–H groups in total. The van der Waals surface area contributed by atoms with E-state index in [1.54, 1.807) is 0 Å². The molecule has 2 heterocycles. The van der Waals surface area contributed by atoms with E-state index in [1.165, 1.54) is 18.1 Å². The van der Waals surface area contributed by atoms with E-state index in [9.17, 15) is 0 Å². The van der Waals surface area contributed by atoms with Gasteiger partial charge in [0.15, 0.2) is 0 Å². The summed E-state index contributed by atoms with van der Waals surface area (Å²) < 4.78 is 11.7. The molecule has 0 aliphatic carbocycles. The van der Waals surface area contributed by atoms with Crippen LogP contribution in [-0.2, 0) is 9.31 Å². The van der Waals surface area contributed by atoms with Crippen molar-refractivity contribution in [2.24, 2.45) is 0 Å². The van der Waals surface area contributed by atoms with Crippen molar-refractivity contribution in [1.82, 2.24) is 4.81 Å². The zero-order chi connectivity index (χ0) is 13.1. The van der Waals surface area contributed by atoms with Crippen LogP contribution in [0.25, 0.3) is 0 Å². The molecule has 2 saturated heterocycles. The van der Waals surface area contributed by atoms with Gasteiger partial charge in [0.2, 0.25) is 0 Å². The van der Waals surface area contributed by atoms with E-state index < -0.39 is 14.8 Å². The van der Waals surface area contributed by atoms with Gasteiger partial charge >= 0.3 is 6.69 Å². The molecule has 0 atom stereocenters. The lowest BCUT2D eigenvalue weighted by Crippen LogP contribution is -2.46. The fraction of sp³-hybridized carbons (Fsp3) is 0.846. The predicted octanol–water partition coefficient (Wildman–Crippen LogP) is 2.34. The van der Waals surface area contributed by atoms with Crippen LogP contribution in [0.3, 0.4) is 0 Å². The fourth-order valence-corrected chi connectivity index (χ4v) is 5.61. The summed E-state index contributed by atoms with van der Waals surface area (Å²) in [6.07, 6.45) is 0.773. The van der Waals surface area contributed by atoms with Crippen molar-refractivity contribution in [3.05, 3.63) is 0 Å². The largest absolute Gasteiger partial charge is 0.553 e. The predicted molar refractivity (Wildman–Crippen MR) is 79.0 cm³/mol.